The lowest BCUT2D eigenvalue weighted by atomic mass is 10.3. The molecule has 0 heterocycles. The SMILES string of the molecule is C=CCN(C(=O)Oc1ccccc1)c1ccccc1. The van der Waals surface area contributed by atoms with E-state index in [0.29, 0.717) is 12.3 Å². The van der Waals surface area contributed by atoms with Crippen molar-refractivity contribution in [3.8, 4) is 5.75 Å². The van der Waals surface area contributed by atoms with E-state index in [1.165, 1.54) is 4.90 Å². The summed E-state index contributed by atoms with van der Waals surface area (Å²) in [6.07, 6.45) is 1.25. The van der Waals surface area contributed by atoms with Gasteiger partial charge in [-0.05, 0) is 24.3 Å². The topological polar surface area (TPSA) is 29.5 Å². The predicted molar refractivity (Wildman–Crippen MR) is 76.5 cm³/mol. The van der Waals surface area contributed by atoms with Crippen LogP contribution < -0.4 is 9.64 Å². The molecule has 0 aromatic heterocycles. The number of carbonyl (C=O) groups is 1. The summed E-state index contributed by atoms with van der Waals surface area (Å²) in [4.78, 5) is 13.7. The number of rotatable bonds is 4. The van der Waals surface area contributed by atoms with E-state index in [-0.39, 0.29) is 0 Å². The first-order valence-electron chi connectivity index (χ1n) is 6.01. The van der Waals surface area contributed by atoms with Crippen LogP contribution in [0.3, 0.4) is 0 Å². The Morgan fingerprint density at radius 2 is 1.63 bits per heavy atom. The summed E-state index contributed by atoms with van der Waals surface area (Å²) in [7, 11) is 0. The maximum Gasteiger partial charge on any atom is 0.420 e. The van der Waals surface area contributed by atoms with Gasteiger partial charge in [-0.15, -0.1) is 6.58 Å². The van der Waals surface area contributed by atoms with Crippen molar-refractivity contribution in [2.24, 2.45) is 0 Å². The van der Waals surface area contributed by atoms with Crippen LogP contribution in [0.2, 0.25) is 0 Å². The molecule has 0 aliphatic carbocycles. The third-order valence-corrected chi connectivity index (χ3v) is 2.55. The van der Waals surface area contributed by atoms with Crippen LogP contribution in [0.15, 0.2) is 73.3 Å². The first kappa shape index (κ1) is 12.9. The van der Waals surface area contributed by atoms with Crippen LogP contribution in [0, 0.1) is 0 Å². The quantitative estimate of drug-likeness (QED) is 0.774. The van der Waals surface area contributed by atoms with Crippen LogP contribution in [0.5, 0.6) is 5.75 Å². The Kier molecular flexibility index (Phi) is 4.34. The smallest absolute Gasteiger partial charge is 0.410 e. The zero-order chi connectivity index (χ0) is 13.5. The maximum atomic E-state index is 12.2. The Bertz CT molecular complexity index is 537. The minimum atomic E-state index is -0.419. The van der Waals surface area contributed by atoms with Gasteiger partial charge in [0.1, 0.15) is 5.75 Å². The molecule has 0 radical (unpaired) electrons. The van der Waals surface area contributed by atoms with Gasteiger partial charge in [0.05, 0.1) is 0 Å². The second-order valence-corrected chi connectivity index (χ2v) is 3.92. The van der Waals surface area contributed by atoms with Crippen LogP contribution in [0.25, 0.3) is 0 Å². The summed E-state index contributed by atoms with van der Waals surface area (Å²) in [5, 5.41) is 0. The highest BCUT2D eigenvalue weighted by atomic mass is 16.6. The summed E-state index contributed by atoms with van der Waals surface area (Å²) in [5.41, 5.74) is 0.781. The Morgan fingerprint density at radius 1 is 1.05 bits per heavy atom. The number of hydrogen-bond donors (Lipinski definition) is 0. The molecule has 0 bridgehead atoms. The van der Waals surface area contributed by atoms with E-state index in [2.05, 4.69) is 6.58 Å². The number of anilines is 1. The zero-order valence-electron chi connectivity index (χ0n) is 10.5. The number of para-hydroxylation sites is 2. The number of ether oxygens (including phenoxy) is 1. The Hall–Kier alpha value is -2.55. The zero-order valence-corrected chi connectivity index (χ0v) is 10.5. The lowest BCUT2D eigenvalue weighted by molar-refractivity contribution is 0.208. The lowest BCUT2D eigenvalue weighted by Gasteiger charge is -2.20. The van der Waals surface area contributed by atoms with Gasteiger partial charge >= 0.3 is 6.09 Å². The molecular formula is C16H15NO2. The fourth-order valence-corrected chi connectivity index (χ4v) is 1.67. The molecule has 1 amide bonds. The van der Waals surface area contributed by atoms with Gasteiger partial charge < -0.3 is 4.74 Å². The maximum absolute atomic E-state index is 12.2. The van der Waals surface area contributed by atoms with E-state index in [4.69, 9.17) is 4.74 Å². The highest BCUT2D eigenvalue weighted by Gasteiger charge is 2.16. The van der Waals surface area contributed by atoms with E-state index < -0.39 is 6.09 Å². The molecule has 2 aromatic rings. The summed E-state index contributed by atoms with van der Waals surface area (Å²) in [6, 6.07) is 18.4. The highest BCUT2D eigenvalue weighted by molar-refractivity contribution is 5.89. The Labute approximate surface area is 112 Å². The molecule has 0 aliphatic heterocycles. The monoisotopic (exact) mass is 253 g/mol. The molecule has 0 fully saturated rings. The summed E-state index contributed by atoms with van der Waals surface area (Å²) in [6.45, 7) is 4.06. The third-order valence-electron chi connectivity index (χ3n) is 2.55. The van der Waals surface area contributed by atoms with Crippen LogP contribution in [0.4, 0.5) is 10.5 Å². The van der Waals surface area contributed by atoms with Crippen molar-refractivity contribution in [1.29, 1.82) is 0 Å². The van der Waals surface area contributed by atoms with Crippen molar-refractivity contribution < 1.29 is 9.53 Å². The first-order valence-corrected chi connectivity index (χ1v) is 6.01. The fourth-order valence-electron chi connectivity index (χ4n) is 1.67. The van der Waals surface area contributed by atoms with Crippen LogP contribution in [0.1, 0.15) is 0 Å². The van der Waals surface area contributed by atoms with Gasteiger partial charge in [-0.3, -0.25) is 4.90 Å². The van der Waals surface area contributed by atoms with E-state index >= 15 is 0 Å². The first-order chi connectivity index (χ1) is 9.31. The van der Waals surface area contributed by atoms with E-state index in [9.17, 15) is 4.79 Å². The highest BCUT2D eigenvalue weighted by Crippen LogP contribution is 2.16. The van der Waals surface area contributed by atoms with E-state index in [0.717, 1.165) is 5.69 Å². The van der Waals surface area contributed by atoms with E-state index in [1.54, 1.807) is 18.2 Å². The molecule has 0 saturated heterocycles. The van der Waals surface area contributed by atoms with Crippen molar-refractivity contribution >= 4 is 11.8 Å². The molecule has 0 atom stereocenters. The molecule has 96 valence electrons. The number of benzene rings is 2. The van der Waals surface area contributed by atoms with Gasteiger partial charge in [0, 0.05) is 12.2 Å². The van der Waals surface area contributed by atoms with Crippen LogP contribution >= 0.6 is 0 Å². The van der Waals surface area contributed by atoms with Crippen molar-refractivity contribution in [3.05, 3.63) is 73.3 Å². The standard InChI is InChI=1S/C16H15NO2/c1-2-13-17(14-9-5-3-6-10-14)16(18)19-15-11-7-4-8-12-15/h2-12H,1,13H2. The molecule has 0 saturated carbocycles. The van der Waals surface area contributed by atoms with Crippen molar-refractivity contribution in [3.63, 3.8) is 0 Å². The largest absolute Gasteiger partial charge is 0.420 e. The molecule has 0 unspecified atom stereocenters. The molecule has 19 heavy (non-hydrogen) atoms. The average molecular weight is 253 g/mol. The van der Waals surface area contributed by atoms with Crippen LogP contribution in [-0.4, -0.2) is 12.6 Å². The molecule has 0 spiro atoms. The minimum absolute atomic E-state index is 0.398. The minimum Gasteiger partial charge on any atom is -0.410 e. The van der Waals surface area contributed by atoms with Crippen molar-refractivity contribution in [1.82, 2.24) is 0 Å². The summed E-state index contributed by atoms with van der Waals surface area (Å²) in [5.74, 6) is 0.525. The van der Waals surface area contributed by atoms with Crippen LogP contribution in [-0.2, 0) is 0 Å². The molecule has 3 heteroatoms. The number of nitrogens with zero attached hydrogens (tertiary/aromatic N) is 1. The predicted octanol–water partition coefficient (Wildman–Crippen LogP) is 3.88. The van der Waals surface area contributed by atoms with Crippen molar-refractivity contribution in [2.75, 3.05) is 11.4 Å². The number of hydrogen-bond acceptors (Lipinski definition) is 2. The summed E-state index contributed by atoms with van der Waals surface area (Å²) < 4.78 is 5.32. The number of amides is 1. The Morgan fingerprint density at radius 3 is 2.21 bits per heavy atom. The van der Waals surface area contributed by atoms with Gasteiger partial charge in [-0.1, -0.05) is 42.5 Å². The third kappa shape index (κ3) is 3.45. The van der Waals surface area contributed by atoms with Gasteiger partial charge in [-0.25, -0.2) is 4.79 Å². The van der Waals surface area contributed by atoms with E-state index in [1.807, 2.05) is 48.5 Å². The molecule has 3 nitrogen and oxygen atoms in total. The second-order valence-electron chi connectivity index (χ2n) is 3.92. The van der Waals surface area contributed by atoms with Gasteiger partial charge in [-0.2, -0.15) is 0 Å². The fraction of sp³-hybridized carbons (Fsp3) is 0.0625. The molecular weight excluding hydrogens is 238 g/mol. The normalized spacial score (nSPS) is 9.68. The number of carbonyl (C=O) groups excluding carboxylic acids is 1. The van der Waals surface area contributed by atoms with Gasteiger partial charge in [0.25, 0.3) is 0 Å². The Balaban J connectivity index is 2.15. The molecule has 0 N–H and O–H groups in total. The second kappa shape index (κ2) is 6.40. The molecule has 2 aromatic carbocycles. The van der Waals surface area contributed by atoms with Gasteiger partial charge in [0.15, 0.2) is 0 Å². The van der Waals surface area contributed by atoms with Gasteiger partial charge in [0.2, 0.25) is 0 Å². The lowest BCUT2D eigenvalue weighted by Crippen LogP contribution is -2.33. The molecule has 0 aliphatic rings. The average Bonchev–Trinajstić information content (AvgIpc) is 2.46. The van der Waals surface area contributed by atoms with Crippen molar-refractivity contribution in [2.45, 2.75) is 0 Å². The summed E-state index contributed by atoms with van der Waals surface area (Å²) >= 11 is 0. The molecule has 2 rings (SSSR count).